The van der Waals surface area contributed by atoms with Crippen molar-refractivity contribution in [1.82, 2.24) is 15.1 Å². The number of carbonyl (C=O) groups excluding carboxylic acids is 2. The Morgan fingerprint density at radius 3 is 2.48 bits per heavy atom. The van der Waals surface area contributed by atoms with Crippen molar-refractivity contribution >= 4 is 12.0 Å². The topological polar surface area (TPSA) is 71.1 Å². The standard InChI is InChI=1S/C22H31N3O4/c1-5-29-21(26)19-18(14-25-10-12-28-13-11-25)24(4)22(27)23-20(19)17-8-6-16(7-9-17)15(2)3/h6-9,15,20H,5,10-14H2,1-4H3,(H,23,27)/t20-/m0/s1. The molecule has 1 aromatic rings. The molecule has 0 saturated carbocycles. The van der Waals surface area contributed by atoms with Crippen molar-refractivity contribution in [2.45, 2.75) is 32.7 Å². The molecular weight excluding hydrogens is 370 g/mol. The first-order valence-corrected chi connectivity index (χ1v) is 10.3. The molecule has 1 N–H and O–H groups in total. The highest BCUT2D eigenvalue weighted by Gasteiger charge is 2.37. The minimum Gasteiger partial charge on any atom is -0.463 e. The Kier molecular flexibility index (Phi) is 6.92. The van der Waals surface area contributed by atoms with Gasteiger partial charge in [0.1, 0.15) is 0 Å². The van der Waals surface area contributed by atoms with Crippen LogP contribution >= 0.6 is 0 Å². The van der Waals surface area contributed by atoms with E-state index < -0.39 is 6.04 Å². The van der Waals surface area contributed by atoms with Crippen molar-refractivity contribution in [1.29, 1.82) is 0 Å². The van der Waals surface area contributed by atoms with Crippen LogP contribution in [0.2, 0.25) is 0 Å². The van der Waals surface area contributed by atoms with Gasteiger partial charge in [0, 0.05) is 32.4 Å². The van der Waals surface area contributed by atoms with Gasteiger partial charge in [-0.25, -0.2) is 9.59 Å². The molecule has 1 aromatic carbocycles. The van der Waals surface area contributed by atoms with Gasteiger partial charge in [-0.3, -0.25) is 9.80 Å². The number of rotatable bonds is 6. The molecule has 1 saturated heterocycles. The maximum absolute atomic E-state index is 13.0. The van der Waals surface area contributed by atoms with Gasteiger partial charge in [-0.15, -0.1) is 0 Å². The minimum absolute atomic E-state index is 0.223. The Morgan fingerprint density at radius 1 is 1.24 bits per heavy atom. The van der Waals surface area contributed by atoms with E-state index in [9.17, 15) is 9.59 Å². The molecule has 7 heteroatoms. The molecule has 0 unspecified atom stereocenters. The Morgan fingerprint density at radius 2 is 1.90 bits per heavy atom. The summed E-state index contributed by atoms with van der Waals surface area (Å²) in [6.07, 6.45) is 0. The van der Waals surface area contributed by atoms with Crippen LogP contribution in [-0.4, -0.2) is 68.3 Å². The molecule has 0 bridgehead atoms. The molecule has 0 radical (unpaired) electrons. The predicted molar refractivity (Wildman–Crippen MR) is 110 cm³/mol. The second kappa shape index (κ2) is 9.41. The van der Waals surface area contributed by atoms with E-state index in [1.165, 1.54) is 10.5 Å². The number of carbonyl (C=O) groups is 2. The van der Waals surface area contributed by atoms with Gasteiger partial charge in [0.15, 0.2) is 0 Å². The highest BCUT2D eigenvalue weighted by atomic mass is 16.5. The van der Waals surface area contributed by atoms with Crippen molar-refractivity contribution < 1.29 is 19.1 Å². The van der Waals surface area contributed by atoms with Gasteiger partial charge in [-0.1, -0.05) is 38.1 Å². The molecule has 29 heavy (non-hydrogen) atoms. The number of likely N-dealkylation sites (N-methyl/N-ethyl adjacent to an activating group) is 1. The van der Waals surface area contributed by atoms with E-state index in [0.717, 1.165) is 18.7 Å². The van der Waals surface area contributed by atoms with Crippen molar-refractivity contribution in [3.63, 3.8) is 0 Å². The molecule has 0 aliphatic carbocycles. The van der Waals surface area contributed by atoms with Gasteiger partial charge in [-0.05, 0) is 24.0 Å². The number of benzene rings is 1. The lowest BCUT2D eigenvalue weighted by molar-refractivity contribution is -0.139. The largest absolute Gasteiger partial charge is 0.463 e. The highest BCUT2D eigenvalue weighted by Crippen LogP contribution is 2.32. The Labute approximate surface area is 172 Å². The Balaban J connectivity index is 2.01. The average molecular weight is 402 g/mol. The summed E-state index contributed by atoms with van der Waals surface area (Å²) in [7, 11) is 1.70. The van der Waals surface area contributed by atoms with E-state index in [2.05, 4.69) is 36.2 Å². The smallest absolute Gasteiger partial charge is 0.338 e. The number of urea groups is 1. The lowest BCUT2D eigenvalue weighted by atomic mass is 9.92. The summed E-state index contributed by atoms with van der Waals surface area (Å²) >= 11 is 0. The SMILES string of the molecule is CCOC(=O)C1=C(CN2CCOCC2)N(C)C(=O)N[C@H]1c1ccc(C(C)C)cc1. The van der Waals surface area contributed by atoms with Crippen LogP contribution in [0.15, 0.2) is 35.5 Å². The lowest BCUT2D eigenvalue weighted by Crippen LogP contribution is -2.50. The van der Waals surface area contributed by atoms with E-state index in [1.807, 2.05) is 12.1 Å². The van der Waals surface area contributed by atoms with E-state index in [1.54, 1.807) is 14.0 Å². The van der Waals surface area contributed by atoms with Crippen molar-refractivity contribution in [2.75, 3.05) is 46.5 Å². The van der Waals surface area contributed by atoms with Crippen LogP contribution < -0.4 is 5.32 Å². The van der Waals surface area contributed by atoms with Crippen LogP contribution in [0.25, 0.3) is 0 Å². The monoisotopic (exact) mass is 401 g/mol. The lowest BCUT2D eigenvalue weighted by Gasteiger charge is -2.37. The summed E-state index contributed by atoms with van der Waals surface area (Å²) in [4.78, 5) is 29.4. The molecule has 7 nitrogen and oxygen atoms in total. The zero-order valence-electron chi connectivity index (χ0n) is 17.7. The second-order valence-electron chi connectivity index (χ2n) is 7.73. The number of hydrogen-bond donors (Lipinski definition) is 1. The number of ether oxygens (including phenoxy) is 2. The summed E-state index contributed by atoms with van der Waals surface area (Å²) in [5, 5.41) is 2.97. The molecule has 0 spiro atoms. The fourth-order valence-electron chi connectivity index (χ4n) is 3.69. The molecule has 2 aliphatic rings. The number of esters is 1. The second-order valence-corrected chi connectivity index (χ2v) is 7.73. The van der Waals surface area contributed by atoms with Gasteiger partial charge in [0.25, 0.3) is 0 Å². The molecule has 0 aromatic heterocycles. The molecule has 1 fully saturated rings. The molecule has 1 atom stereocenters. The van der Waals surface area contributed by atoms with Crippen LogP contribution in [0.3, 0.4) is 0 Å². The summed E-state index contributed by atoms with van der Waals surface area (Å²) in [5.74, 6) is 0.0219. The maximum atomic E-state index is 13.0. The van der Waals surface area contributed by atoms with Gasteiger partial charge in [0.2, 0.25) is 0 Å². The number of amides is 2. The van der Waals surface area contributed by atoms with Crippen LogP contribution in [0, 0.1) is 0 Å². The minimum atomic E-state index is -0.532. The summed E-state index contributed by atoms with van der Waals surface area (Å²) in [6, 6.07) is 7.31. The summed E-state index contributed by atoms with van der Waals surface area (Å²) < 4.78 is 10.8. The van der Waals surface area contributed by atoms with Crippen LogP contribution in [0.4, 0.5) is 4.79 Å². The number of hydrogen-bond acceptors (Lipinski definition) is 5. The number of nitrogens with zero attached hydrogens (tertiary/aromatic N) is 2. The highest BCUT2D eigenvalue weighted by molar-refractivity contribution is 5.95. The van der Waals surface area contributed by atoms with E-state index in [0.29, 0.717) is 36.9 Å². The van der Waals surface area contributed by atoms with Crippen LogP contribution in [0.1, 0.15) is 43.9 Å². The third kappa shape index (κ3) is 4.79. The fourth-order valence-corrected chi connectivity index (χ4v) is 3.69. The normalized spacial score (nSPS) is 20.8. The van der Waals surface area contributed by atoms with E-state index in [4.69, 9.17) is 9.47 Å². The van der Waals surface area contributed by atoms with Crippen molar-refractivity contribution in [3.05, 3.63) is 46.7 Å². The summed E-state index contributed by atoms with van der Waals surface area (Å²) in [5.41, 5.74) is 3.27. The zero-order chi connectivity index (χ0) is 21.0. The zero-order valence-corrected chi connectivity index (χ0v) is 17.7. The molecule has 2 heterocycles. The molecular formula is C22H31N3O4. The van der Waals surface area contributed by atoms with E-state index in [-0.39, 0.29) is 18.6 Å². The third-order valence-corrected chi connectivity index (χ3v) is 5.49. The Hall–Kier alpha value is -2.38. The molecule has 158 valence electrons. The Bertz CT molecular complexity index is 767. The molecule has 3 rings (SSSR count). The van der Waals surface area contributed by atoms with Gasteiger partial charge >= 0.3 is 12.0 Å². The predicted octanol–water partition coefficient (Wildman–Crippen LogP) is 2.66. The van der Waals surface area contributed by atoms with Gasteiger partial charge in [-0.2, -0.15) is 0 Å². The average Bonchev–Trinajstić information content (AvgIpc) is 2.72. The number of nitrogens with one attached hydrogen (secondary N) is 1. The fraction of sp³-hybridized carbons (Fsp3) is 0.545. The van der Waals surface area contributed by atoms with Gasteiger partial charge < -0.3 is 14.8 Å². The third-order valence-electron chi connectivity index (χ3n) is 5.49. The van der Waals surface area contributed by atoms with Crippen molar-refractivity contribution in [2.24, 2.45) is 0 Å². The van der Waals surface area contributed by atoms with Crippen molar-refractivity contribution in [3.8, 4) is 0 Å². The van der Waals surface area contributed by atoms with E-state index >= 15 is 0 Å². The van der Waals surface area contributed by atoms with Gasteiger partial charge in [0.05, 0.1) is 31.4 Å². The first-order valence-electron chi connectivity index (χ1n) is 10.3. The first-order chi connectivity index (χ1) is 13.9. The molecule has 2 amide bonds. The van der Waals surface area contributed by atoms with Crippen LogP contribution in [-0.2, 0) is 14.3 Å². The molecule has 2 aliphatic heterocycles. The summed E-state index contributed by atoms with van der Waals surface area (Å²) in [6.45, 7) is 9.68. The number of morpholine rings is 1. The quantitative estimate of drug-likeness (QED) is 0.742. The first kappa shape index (κ1) is 21.3. The van der Waals surface area contributed by atoms with Crippen LogP contribution in [0.5, 0.6) is 0 Å². The maximum Gasteiger partial charge on any atom is 0.338 e.